The van der Waals surface area contributed by atoms with E-state index in [4.69, 9.17) is 35.2 Å². The quantitative estimate of drug-likeness (QED) is 0.188. The van der Waals surface area contributed by atoms with Crippen LogP contribution in [-0.4, -0.2) is 48.2 Å². The molecule has 1 aliphatic rings. The normalized spacial score (nSPS) is 15.4. The Morgan fingerprint density at radius 3 is 2.66 bits per heavy atom. The minimum absolute atomic E-state index is 0.0800. The van der Waals surface area contributed by atoms with E-state index in [1.807, 2.05) is 36.4 Å². The SMILES string of the molecule is COc1nccc(-c2nc([C@@H](CNC(=O)c3cc(OC)c4nc(C(C)F)oc4c3)c3ccccc3)cc3c2OC[C@H]3C)c1Cl. The van der Waals surface area contributed by atoms with E-state index in [1.54, 1.807) is 18.3 Å². The predicted octanol–water partition coefficient (Wildman–Crippen LogP) is 7.04. The average Bonchev–Trinajstić information content (AvgIpc) is 3.65. The van der Waals surface area contributed by atoms with Crippen LogP contribution in [0.3, 0.4) is 0 Å². The maximum atomic E-state index is 13.9. The van der Waals surface area contributed by atoms with E-state index in [9.17, 15) is 9.18 Å². The summed E-state index contributed by atoms with van der Waals surface area (Å²) in [6, 6.07) is 16.7. The zero-order chi connectivity index (χ0) is 31.0. The fraction of sp³-hybridized carbons (Fsp3) is 0.273. The molecule has 3 atom stereocenters. The number of alkyl halides is 1. The van der Waals surface area contributed by atoms with Gasteiger partial charge in [-0.2, -0.15) is 0 Å². The molecule has 0 fully saturated rings. The number of nitrogens with one attached hydrogen (secondary N) is 1. The molecule has 2 aromatic carbocycles. The number of pyridine rings is 2. The van der Waals surface area contributed by atoms with Gasteiger partial charge in [-0.15, -0.1) is 0 Å². The molecule has 0 radical (unpaired) electrons. The Hall–Kier alpha value is -4.70. The van der Waals surface area contributed by atoms with Crippen LogP contribution < -0.4 is 19.5 Å². The van der Waals surface area contributed by atoms with Gasteiger partial charge >= 0.3 is 0 Å². The monoisotopic (exact) mass is 616 g/mol. The van der Waals surface area contributed by atoms with Gasteiger partial charge in [0.1, 0.15) is 22.2 Å². The highest BCUT2D eigenvalue weighted by Crippen LogP contribution is 2.45. The number of amides is 1. The summed E-state index contributed by atoms with van der Waals surface area (Å²) in [5.41, 5.74) is 4.81. The Balaban J connectivity index is 1.39. The second-order valence-corrected chi connectivity index (χ2v) is 11.0. The van der Waals surface area contributed by atoms with E-state index >= 15 is 0 Å². The molecule has 0 spiro atoms. The second kappa shape index (κ2) is 12.1. The maximum absolute atomic E-state index is 13.9. The van der Waals surface area contributed by atoms with Crippen molar-refractivity contribution < 1.29 is 27.8 Å². The first-order chi connectivity index (χ1) is 21.3. The molecule has 0 bridgehead atoms. The van der Waals surface area contributed by atoms with Crippen LogP contribution in [0.5, 0.6) is 17.4 Å². The summed E-state index contributed by atoms with van der Waals surface area (Å²) < 4.78 is 36.4. The first-order valence-corrected chi connectivity index (χ1v) is 14.5. The van der Waals surface area contributed by atoms with Crippen molar-refractivity contribution in [1.82, 2.24) is 20.3 Å². The lowest BCUT2D eigenvalue weighted by Gasteiger charge is -2.21. The second-order valence-electron chi connectivity index (χ2n) is 10.6. The Kier molecular flexibility index (Phi) is 8.09. The van der Waals surface area contributed by atoms with Crippen LogP contribution in [0, 0.1) is 0 Å². The lowest BCUT2D eigenvalue weighted by Crippen LogP contribution is -2.29. The maximum Gasteiger partial charge on any atom is 0.251 e. The average molecular weight is 617 g/mol. The van der Waals surface area contributed by atoms with Gasteiger partial charge in [-0.1, -0.05) is 48.9 Å². The number of nitrogens with zero attached hydrogens (tertiary/aromatic N) is 3. The molecule has 1 amide bonds. The highest BCUT2D eigenvalue weighted by molar-refractivity contribution is 6.34. The van der Waals surface area contributed by atoms with Crippen molar-refractivity contribution in [2.45, 2.75) is 31.9 Å². The number of fused-ring (bicyclic) bond motifs is 2. The standard InChI is InChI=1S/C33H30ClFN4O5/c1-17-16-43-30-22(17)14-24(38-28(30)21-10-11-36-33(42-4)27(21)34)23(19-8-6-5-7-9-19)15-37-31(40)20-12-25(41-3)29-26(13-20)44-32(39-29)18(2)35/h5-14,17-18,23H,15-16H2,1-4H3,(H,37,40)/t17-,18?,23+/m1/s1. The highest BCUT2D eigenvalue weighted by Gasteiger charge is 2.30. The zero-order valence-electron chi connectivity index (χ0n) is 24.6. The van der Waals surface area contributed by atoms with Crippen molar-refractivity contribution in [3.8, 4) is 28.6 Å². The number of oxazole rings is 1. The molecule has 0 aliphatic carbocycles. The third-order valence-electron chi connectivity index (χ3n) is 7.66. The summed E-state index contributed by atoms with van der Waals surface area (Å²) in [5, 5.41) is 3.38. The lowest BCUT2D eigenvalue weighted by atomic mass is 9.91. The Morgan fingerprint density at radius 1 is 1.14 bits per heavy atom. The van der Waals surface area contributed by atoms with Crippen molar-refractivity contribution in [2.75, 3.05) is 27.4 Å². The molecule has 1 unspecified atom stereocenters. The molecule has 11 heteroatoms. The fourth-order valence-corrected chi connectivity index (χ4v) is 5.63. The Bertz CT molecular complexity index is 1850. The molecular weight excluding hydrogens is 587 g/mol. The lowest BCUT2D eigenvalue weighted by molar-refractivity contribution is 0.0952. The molecule has 0 saturated heterocycles. The number of rotatable bonds is 9. The van der Waals surface area contributed by atoms with Crippen molar-refractivity contribution >= 4 is 28.6 Å². The molecule has 1 aliphatic heterocycles. The van der Waals surface area contributed by atoms with E-state index in [0.29, 0.717) is 39.9 Å². The van der Waals surface area contributed by atoms with Gasteiger partial charge in [0.25, 0.3) is 5.91 Å². The topological polar surface area (TPSA) is 109 Å². The van der Waals surface area contributed by atoms with E-state index in [1.165, 1.54) is 27.2 Å². The predicted molar refractivity (Wildman–Crippen MR) is 164 cm³/mol. The molecule has 226 valence electrons. The van der Waals surface area contributed by atoms with Crippen LogP contribution in [0.1, 0.15) is 64.9 Å². The largest absolute Gasteiger partial charge is 0.494 e. The number of hydrogen-bond acceptors (Lipinski definition) is 8. The molecule has 0 saturated carbocycles. The van der Waals surface area contributed by atoms with Gasteiger partial charge in [0.15, 0.2) is 17.3 Å². The smallest absolute Gasteiger partial charge is 0.251 e. The van der Waals surface area contributed by atoms with Gasteiger partial charge < -0.3 is 23.9 Å². The van der Waals surface area contributed by atoms with Crippen molar-refractivity contribution in [3.05, 3.63) is 94.1 Å². The molecule has 5 aromatic rings. The summed E-state index contributed by atoms with van der Waals surface area (Å²) in [4.78, 5) is 27.0. The molecule has 4 heterocycles. The number of carbonyl (C=O) groups is 1. The first-order valence-electron chi connectivity index (χ1n) is 14.1. The van der Waals surface area contributed by atoms with Crippen molar-refractivity contribution in [1.29, 1.82) is 0 Å². The number of aromatic nitrogens is 3. The van der Waals surface area contributed by atoms with Crippen LogP contribution in [0.15, 0.2) is 65.2 Å². The molecule has 1 N–H and O–H groups in total. The van der Waals surface area contributed by atoms with Gasteiger partial charge in [-0.3, -0.25) is 4.79 Å². The summed E-state index contributed by atoms with van der Waals surface area (Å²) in [6.45, 7) is 4.16. The third-order valence-corrected chi connectivity index (χ3v) is 8.03. The molecule has 9 nitrogen and oxygen atoms in total. The van der Waals surface area contributed by atoms with E-state index < -0.39 is 6.17 Å². The minimum atomic E-state index is -1.41. The number of benzene rings is 2. The molecule has 44 heavy (non-hydrogen) atoms. The minimum Gasteiger partial charge on any atom is -0.494 e. The zero-order valence-corrected chi connectivity index (χ0v) is 25.3. The number of methoxy groups -OCH3 is 2. The van der Waals surface area contributed by atoms with Crippen LogP contribution in [0.2, 0.25) is 5.02 Å². The number of halogens is 2. The van der Waals surface area contributed by atoms with E-state index in [-0.39, 0.29) is 47.2 Å². The highest BCUT2D eigenvalue weighted by atomic mass is 35.5. The third kappa shape index (κ3) is 5.41. The van der Waals surface area contributed by atoms with Crippen LogP contribution >= 0.6 is 11.6 Å². The van der Waals surface area contributed by atoms with Gasteiger partial charge in [-0.25, -0.2) is 19.3 Å². The van der Waals surface area contributed by atoms with Gasteiger partial charge in [0, 0.05) is 41.3 Å². The van der Waals surface area contributed by atoms with Crippen LogP contribution in [0.25, 0.3) is 22.4 Å². The molecule has 6 rings (SSSR count). The van der Waals surface area contributed by atoms with Crippen LogP contribution in [0.4, 0.5) is 4.39 Å². The fourth-order valence-electron chi connectivity index (χ4n) is 5.35. The summed E-state index contributed by atoms with van der Waals surface area (Å²) >= 11 is 6.70. The summed E-state index contributed by atoms with van der Waals surface area (Å²) in [5.74, 6) is 0.621. The van der Waals surface area contributed by atoms with Gasteiger partial charge in [-0.05, 0) is 36.8 Å². The summed E-state index contributed by atoms with van der Waals surface area (Å²) in [7, 11) is 2.97. The van der Waals surface area contributed by atoms with Crippen molar-refractivity contribution in [2.24, 2.45) is 0 Å². The Labute approximate surface area is 258 Å². The first kappa shape index (κ1) is 29.4. The molecule has 3 aromatic heterocycles. The van der Waals surface area contributed by atoms with E-state index in [0.717, 1.165) is 16.8 Å². The molecular formula is C33H30ClFN4O5. The number of ether oxygens (including phenoxy) is 3. The summed E-state index contributed by atoms with van der Waals surface area (Å²) in [6.07, 6.45) is 0.210. The van der Waals surface area contributed by atoms with E-state index in [2.05, 4.69) is 22.2 Å². The van der Waals surface area contributed by atoms with Crippen LogP contribution in [-0.2, 0) is 0 Å². The van der Waals surface area contributed by atoms with Crippen molar-refractivity contribution in [3.63, 3.8) is 0 Å². The Morgan fingerprint density at radius 2 is 1.93 bits per heavy atom. The van der Waals surface area contributed by atoms with Gasteiger partial charge in [0.05, 0.1) is 26.5 Å². The van der Waals surface area contributed by atoms with Gasteiger partial charge in [0.2, 0.25) is 11.8 Å². The number of hydrogen-bond donors (Lipinski definition) is 1. The number of carbonyl (C=O) groups excluding carboxylic acids is 1.